The third-order valence-electron chi connectivity index (χ3n) is 7.60. The van der Waals surface area contributed by atoms with Gasteiger partial charge in [0, 0.05) is 17.1 Å². The topological polar surface area (TPSA) is 132 Å². The number of carbonyl (C=O) groups is 1. The van der Waals surface area contributed by atoms with Gasteiger partial charge in [-0.1, -0.05) is 80.8 Å². The van der Waals surface area contributed by atoms with E-state index < -0.39 is 12.0 Å². The number of hydrogen-bond donors (Lipinski definition) is 3. The van der Waals surface area contributed by atoms with E-state index in [1.54, 1.807) is 6.07 Å². The number of fused-ring (bicyclic) bond motifs is 1. The Morgan fingerprint density at radius 1 is 1.12 bits per heavy atom. The maximum absolute atomic E-state index is 11.4. The lowest BCUT2D eigenvalue weighted by Crippen LogP contribution is -2.21. The van der Waals surface area contributed by atoms with Gasteiger partial charge in [0.15, 0.2) is 5.65 Å². The number of rotatable bonds is 8. The van der Waals surface area contributed by atoms with Gasteiger partial charge in [0.2, 0.25) is 11.8 Å². The normalized spacial score (nSPS) is 17.9. The van der Waals surface area contributed by atoms with Crippen molar-refractivity contribution in [2.75, 3.05) is 5.32 Å². The van der Waals surface area contributed by atoms with Crippen molar-refractivity contribution in [1.82, 2.24) is 19.5 Å². The summed E-state index contributed by atoms with van der Waals surface area (Å²) in [6.07, 6.45) is 4.42. The van der Waals surface area contributed by atoms with Gasteiger partial charge in [-0.25, -0.2) is 14.8 Å². The van der Waals surface area contributed by atoms with Gasteiger partial charge in [-0.3, -0.25) is 5.41 Å². The number of halogens is 1. The van der Waals surface area contributed by atoms with E-state index in [1.165, 1.54) is 12.8 Å². The minimum atomic E-state index is -1.11. The Labute approximate surface area is 238 Å². The lowest BCUT2D eigenvalue weighted by Gasteiger charge is -2.28. The van der Waals surface area contributed by atoms with Gasteiger partial charge < -0.3 is 20.4 Å². The molecule has 2 aromatic heterocycles. The smallest absolute Gasteiger partial charge is 0.388 e. The third-order valence-corrected chi connectivity index (χ3v) is 7.83. The molecule has 1 saturated carbocycles. The second kappa shape index (κ2) is 12.0. The number of ether oxygens (including phenoxy) is 1. The minimum Gasteiger partial charge on any atom is -0.388 e. The molecule has 0 radical (unpaired) electrons. The fraction of sp³-hybridized carbons (Fsp3) is 0.367. The summed E-state index contributed by atoms with van der Waals surface area (Å²) in [5, 5.41) is 12.5. The SMILES string of the molecule is CC[C@H](Nc1nc2nc(C(=N)OC(N)=O)nc(-c3cccc(Cl)c3)c2n1C[C@H]1CC[C@H](C)CC1)c1ccccc1. The van der Waals surface area contributed by atoms with Crippen LogP contribution in [0.4, 0.5) is 10.7 Å². The summed E-state index contributed by atoms with van der Waals surface area (Å²) in [6.45, 7) is 5.21. The summed E-state index contributed by atoms with van der Waals surface area (Å²) < 4.78 is 7.01. The molecule has 0 spiro atoms. The largest absolute Gasteiger partial charge is 0.411 e. The van der Waals surface area contributed by atoms with Crippen molar-refractivity contribution in [3.63, 3.8) is 0 Å². The zero-order valence-corrected chi connectivity index (χ0v) is 23.5. The number of primary amides is 1. The number of nitrogens with zero attached hydrogens (tertiary/aromatic N) is 4. The molecule has 1 amide bonds. The lowest BCUT2D eigenvalue weighted by atomic mass is 9.83. The molecular formula is C30H34ClN7O2. The first-order valence-corrected chi connectivity index (χ1v) is 14.1. The van der Waals surface area contributed by atoms with Crippen LogP contribution in [-0.2, 0) is 11.3 Å². The van der Waals surface area contributed by atoms with E-state index in [-0.39, 0.29) is 11.9 Å². The van der Waals surface area contributed by atoms with E-state index in [0.29, 0.717) is 28.2 Å². The number of benzene rings is 2. The maximum atomic E-state index is 11.4. The van der Waals surface area contributed by atoms with Gasteiger partial charge >= 0.3 is 6.09 Å². The van der Waals surface area contributed by atoms with Crippen molar-refractivity contribution in [1.29, 1.82) is 5.41 Å². The van der Waals surface area contributed by atoms with Crippen LogP contribution in [0.25, 0.3) is 22.4 Å². The molecule has 10 heteroatoms. The van der Waals surface area contributed by atoms with Gasteiger partial charge in [-0.05, 0) is 48.8 Å². The van der Waals surface area contributed by atoms with Crippen LogP contribution in [0.5, 0.6) is 0 Å². The molecule has 0 saturated heterocycles. The van der Waals surface area contributed by atoms with Crippen molar-refractivity contribution >= 4 is 40.7 Å². The third kappa shape index (κ3) is 6.09. The second-order valence-corrected chi connectivity index (χ2v) is 11.0. The van der Waals surface area contributed by atoms with Crippen molar-refractivity contribution in [3.8, 4) is 11.3 Å². The first-order chi connectivity index (χ1) is 19.3. The van der Waals surface area contributed by atoms with Crippen molar-refractivity contribution in [3.05, 3.63) is 71.0 Å². The van der Waals surface area contributed by atoms with Gasteiger partial charge in [0.05, 0.1) is 6.04 Å². The second-order valence-electron chi connectivity index (χ2n) is 10.5. The van der Waals surface area contributed by atoms with Crippen LogP contribution in [-0.4, -0.2) is 31.5 Å². The molecule has 2 heterocycles. The molecule has 1 aliphatic carbocycles. The zero-order chi connectivity index (χ0) is 28.2. The molecule has 1 aliphatic rings. The van der Waals surface area contributed by atoms with Crippen molar-refractivity contribution in [2.45, 2.75) is 58.5 Å². The highest BCUT2D eigenvalue weighted by Crippen LogP contribution is 2.36. The lowest BCUT2D eigenvalue weighted by molar-refractivity contribution is 0.207. The quantitative estimate of drug-likeness (QED) is 0.158. The number of hydrogen-bond acceptors (Lipinski definition) is 7. The Balaban J connectivity index is 1.69. The summed E-state index contributed by atoms with van der Waals surface area (Å²) in [5.41, 5.74) is 8.77. The molecule has 4 N–H and O–H groups in total. The molecular weight excluding hydrogens is 526 g/mol. The number of nitrogens with one attached hydrogen (secondary N) is 2. The number of anilines is 1. The summed E-state index contributed by atoms with van der Waals surface area (Å²) in [6, 6.07) is 17.7. The number of carbonyl (C=O) groups excluding carboxylic acids is 1. The predicted molar refractivity (Wildman–Crippen MR) is 157 cm³/mol. The monoisotopic (exact) mass is 559 g/mol. The molecule has 1 fully saturated rings. The highest BCUT2D eigenvalue weighted by molar-refractivity contribution is 6.30. The summed E-state index contributed by atoms with van der Waals surface area (Å²) in [4.78, 5) is 25.6. The average Bonchev–Trinajstić information content (AvgIpc) is 3.29. The molecule has 40 heavy (non-hydrogen) atoms. The van der Waals surface area contributed by atoms with E-state index in [0.717, 1.165) is 48.4 Å². The molecule has 208 valence electrons. The Kier molecular flexibility index (Phi) is 8.30. The highest BCUT2D eigenvalue weighted by Gasteiger charge is 2.26. The standard InChI is InChI=1S/C30H34ClN7O2/c1-3-23(20-8-5-4-6-9-20)34-30-37-27-25(38(30)17-19-14-12-18(2)13-15-19)24(21-10-7-11-22(31)16-21)35-28(36-27)26(32)40-29(33)39/h4-11,16,18-19,23,32H,3,12-15,17H2,1-2H3,(H2,33,39)(H,34,35,36,37)/t18-,19-,23-/m0/s1. The molecule has 2 aromatic carbocycles. The Hall–Kier alpha value is -3.98. The maximum Gasteiger partial charge on any atom is 0.411 e. The molecule has 4 aromatic rings. The number of aromatic nitrogens is 4. The van der Waals surface area contributed by atoms with Crippen LogP contribution in [0.2, 0.25) is 5.02 Å². The Morgan fingerprint density at radius 3 is 2.55 bits per heavy atom. The fourth-order valence-corrected chi connectivity index (χ4v) is 5.63. The summed E-state index contributed by atoms with van der Waals surface area (Å²) >= 11 is 6.38. The highest BCUT2D eigenvalue weighted by atomic mass is 35.5. The van der Waals surface area contributed by atoms with Crippen LogP contribution >= 0.6 is 11.6 Å². The molecule has 1 atom stereocenters. The first kappa shape index (κ1) is 27.6. The van der Waals surface area contributed by atoms with E-state index in [4.69, 9.17) is 32.5 Å². The van der Waals surface area contributed by atoms with E-state index in [2.05, 4.69) is 45.8 Å². The predicted octanol–water partition coefficient (Wildman–Crippen LogP) is 6.96. The van der Waals surface area contributed by atoms with Crippen molar-refractivity contribution < 1.29 is 9.53 Å². The molecule has 5 rings (SSSR count). The Bertz CT molecular complexity index is 1510. The number of nitrogens with two attached hydrogens (primary N) is 1. The van der Waals surface area contributed by atoms with Gasteiger partial charge in [0.25, 0.3) is 5.90 Å². The molecule has 9 nitrogen and oxygen atoms in total. The molecule has 0 bridgehead atoms. The summed E-state index contributed by atoms with van der Waals surface area (Å²) in [7, 11) is 0. The summed E-state index contributed by atoms with van der Waals surface area (Å²) in [5.74, 6) is 1.27. The first-order valence-electron chi connectivity index (χ1n) is 13.7. The van der Waals surface area contributed by atoms with Gasteiger partial charge in [-0.2, -0.15) is 4.98 Å². The fourth-order valence-electron chi connectivity index (χ4n) is 5.44. The Morgan fingerprint density at radius 2 is 1.88 bits per heavy atom. The van der Waals surface area contributed by atoms with E-state index in [1.807, 2.05) is 36.4 Å². The molecule has 0 unspecified atom stereocenters. The van der Waals surface area contributed by atoms with Crippen LogP contribution in [0.15, 0.2) is 54.6 Å². The van der Waals surface area contributed by atoms with Gasteiger partial charge in [0.1, 0.15) is 11.2 Å². The van der Waals surface area contributed by atoms with Crippen LogP contribution in [0.1, 0.15) is 63.4 Å². The average molecular weight is 560 g/mol. The number of amides is 1. The number of imidazole rings is 1. The van der Waals surface area contributed by atoms with Crippen LogP contribution in [0.3, 0.4) is 0 Å². The van der Waals surface area contributed by atoms with Crippen molar-refractivity contribution in [2.24, 2.45) is 17.6 Å². The van der Waals surface area contributed by atoms with E-state index in [9.17, 15) is 4.79 Å². The minimum absolute atomic E-state index is 0.0293. The molecule has 0 aliphatic heterocycles. The zero-order valence-electron chi connectivity index (χ0n) is 22.7. The van der Waals surface area contributed by atoms with Crippen LogP contribution < -0.4 is 11.1 Å². The van der Waals surface area contributed by atoms with Gasteiger partial charge in [-0.15, -0.1) is 0 Å². The van der Waals surface area contributed by atoms with Crippen LogP contribution in [0, 0.1) is 17.2 Å². The van der Waals surface area contributed by atoms with E-state index >= 15 is 0 Å².